The minimum atomic E-state index is -0.282. The molecule has 1 aliphatic heterocycles. The molecule has 1 aromatic carbocycles. The zero-order valence-corrected chi connectivity index (χ0v) is 26.2. The smallest absolute Gasteiger partial charge is 0.274 e. The van der Waals surface area contributed by atoms with E-state index in [0.717, 1.165) is 30.6 Å². The SMILES string of the molecule is CN1C(C)(C)CC(Oc2ccc(C(=O)Nc3ccc(CCCC(=O)Nc4cc(C(C)(C)C)on4)cc3)nc2)CC1(C)C. The Labute approximate surface area is 249 Å². The molecule has 9 nitrogen and oxygen atoms in total. The highest BCUT2D eigenvalue weighted by atomic mass is 16.5. The quantitative estimate of drug-likeness (QED) is 0.295. The molecule has 4 rings (SSSR count). The molecule has 0 unspecified atom stereocenters. The van der Waals surface area contributed by atoms with Crippen molar-refractivity contribution < 1.29 is 18.8 Å². The van der Waals surface area contributed by atoms with Gasteiger partial charge in [-0.2, -0.15) is 0 Å². The number of nitrogens with zero attached hydrogens (tertiary/aromatic N) is 3. The molecule has 2 N–H and O–H groups in total. The van der Waals surface area contributed by atoms with Crippen molar-refractivity contribution in [1.29, 1.82) is 0 Å². The number of hydrogen-bond donors (Lipinski definition) is 2. The summed E-state index contributed by atoms with van der Waals surface area (Å²) in [7, 11) is 2.17. The highest BCUT2D eigenvalue weighted by Gasteiger charge is 2.44. The molecule has 3 heterocycles. The van der Waals surface area contributed by atoms with E-state index in [2.05, 4.69) is 60.4 Å². The van der Waals surface area contributed by atoms with Gasteiger partial charge in [0.1, 0.15) is 23.3 Å². The predicted molar refractivity (Wildman–Crippen MR) is 165 cm³/mol. The summed E-state index contributed by atoms with van der Waals surface area (Å²) in [5, 5.41) is 9.62. The number of nitrogens with one attached hydrogen (secondary N) is 2. The molecule has 3 aromatic rings. The summed E-state index contributed by atoms with van der Waals surface area (Å²) in [4.78, 5) is 31.9. The van der Waals surface area contributed by atoms with Crippen LogP contribution in [0.2, 0.25) is 0 Å². The van der Waals surface area contributed by atoms with Gasteiger partial charge >= 0.3 is 0 Å². The summed E-state index contributed by atoms with van der Waals surface area (Å²) >= 11 is 0. The summed E-state index contributed by atoms with van der Waals surface area (Å²) in [5.74, 6) is 1.45. The Hall–Kier alpha value is -3.72. The number of ether oxygens (including phenoxy) is 1. The molecule has 0 saturated carbocycles. The molecule has 2 amide bonds. The van der Waals surface area contributed by atoms with Gasteiger partial charge in [-0.25, -0.2) is 4.98 Å². The molecule has 0 bridgehead atoms. The lowest BCUT2D eigenvalue weighted by atomic mass is 9.79. The van der Waals surface area contributed by atoms with E-state index in [1.807, 2.05) is 51.1 Å². The third-order valence-corrected chi connectivity index (χ3v) is 8.14. The third kappa shape index (κ3) is 7.97. The number of hydrogen-bond acceptors (Lipinski definition) is 7. The molecule has 0 spiro atoms. The van der Waals surface area contributed by atoms with Crippen LogP contribution in [0.1, 0.15) is 96.0 Å². The van der Waals surface area contributed by atoms with Crippen LogP contribution in [0.25, 0.3) is 0 Å². The van der Waals surface area contributed by atoms with E-state index in [1.54, 1.807) is 18.3 Å². The van der Waals surface area contributed by atoms with Crippen LogP contribution < -0.4 is 15.4 Å². The summed E-state index contributed by atoms with van der Waals surface area (Å²) in [5.41, 5.74) is 1.97. The van der Waals surface area contributed by atoms with Gasteiger partial charge in [0.15, 0.2) is 5.82 Å². The number of rotatable bonds is 9. The summed E-state index contributed by atoms with van der Waals surface area (Å²) in [6.45, 7) is 15.0. The van der Waals surface area contributed by atoms with E-state index in [4.69, 9.17) is 9.26 Å². The Balaban J connectivity index is 1.22. The van der Waals surface area contributed by atoms with Gasteiger partial charge in [0.25, 0.3) is 5.91 Å². The van der Waals surface area contributed by atoms with E-state index in [-0.39, 0.29) is 34.4 Å². The second-order valence-electron chi connectivity index (χ2n) is 13.6. The topological polar surface area (TPSA) is 110 Å². The van der Waals surface area contributed by atoms with Crippen LogP contribution in [0.3, 0.4) is 0 Å². The number of anilines is 2. The minimum Gasteiger partial charge on any atom is -0.489 e. The molecular weight excluding hydrogens is 530 g/mol. The molecule has 0 aliphatic carbocycles. The first-order valence-electron chi connectivity index (χ1n) is 14.7. The van der Waals surface area contributed by atoms with Crippen molar-refractivity contribution in [2.45, 2.75) is 103 Å². The maximum atomic E-state index is 12.8. The second kappa shape index (κ2) is 12.3. The van der Waals surface area contributed by atoms with Crippen molar-refractivity contribution in [3.63, 3.8) is 0 Å². The molecule has 2 aromatic heterocycles. The van der Waals surface area contributed by atoms with Gasteiger partial charge in [-0.3, -0.25) is 14.5 Å². The lowest BCUT2D eigenvalue weighted by Gasteiger charge is -2.53. The van der Waals surface area contributed by atoms with Crippen molar-refractivity contribution in [3.05, 3.63) is 65.7 Å². The Kier molecular flexibility index (Phi) is 9.11. The van der Waals surface area contributed by atoms with Crippen LogP contribution in [0.5, 0.6) is 5.75 Å². The molecule has 1 aliphatic rings. The highest BCUT2D eigenvalue weighted by Crippen LogP contribution is 2.38. The largest absolute Gasteiger partial charge is 0.489 e. The number of piperidine rings is 1. The fourth-order valence-electron chi connectivity index (χ4n) is 5.44. The van der Waals surface area contributed by atoms with Gasteiger partial charge in [-0.05, 0) is 77.4 Å². The average molecular weight is 576 g/mol. The third-order valence-electron chi connectivity index (χ3n) is 8.14. The van der Waals surface area contributed by atoms with E-state index < -0.39 is 0 Å². The van der Waals surface area contributed by atoms with Gasteiger partial charge < -0.3 is 19.9 Å². The van der Waals surface area contributed by atoms with Crippen LogP contribution in [0.15, 0.2) is 53.2 Å². The summed E-state index contributed by atoms with van der Waals surface area (Å²) in [6.07, 6.45) is 5.33. The Bertz CT molecular complexity index is 1350. The fourth-order valence-corrected chi connectivity index (χ4v) is 5.44. The number of carbonyl (C=O) groups excluding carboxylic acids is 2. The number of amides is 2. The maximum Gasteiger partial charge on any atom is 0.274 e. The number of aromatic nitrogens is 2. The number of likely N-dealkylation sites (tertiary alicyclic amines) is 1. The van der Waals surface area contributed by atoms with Gasteiger partial charge in [0, 0.05) is 47.5 Å². The first-order chi connectivity index (χ1) is 19.6. The summed E-state index contributed by atoms with van der Waals surface area (Å²) < 4.78 is 11.6. The highest BCUT2D eigenvalue weighted by molar-refractivity contribution is 6.02. The zero-order chi connectivity index (χ0) is 30.7. The molecule has 1 fully saturated rings. The van der Waals surface area contributed by atoms with Crippen molar-refractivity contribution in [2.75, 3.05) is 17.7 Å². The van der Waals surface area contributed by atoms with Gasteiger partial charge in [-0.15, -0.1) is 0 Å². The van der Waals surface area contributed by atoms with Gasteiger partial charge in [0.05, 0.1) is 6.20 Å². The van der Waals surface area contributed by atoms with Crippen LogP contribution in [-0.2, 0) is 16.6 Å². The van der Waals surface area contributed by atoms with Gasteiger partial charge in [0.2, 0.25) is 5.91 Å². The Morgan fingerprint density at radius 1 is 1.02 bits per heavy atom. The molecule has 9 heteroatoms. The lowest BCUT2D eigenvalue weighted by Crippen LogP contribution is -2.60. The second-order valence-corrected chi connectivity index (χ2v) is 13.6. The monoisotopic (exact) mass is 575 g/mol. The van der Waals surface area contributed by atoms with E-state index >= 15 is 0 Å². The number of pyridine rings is 1. The molecule has 42 heavy (non-hydrogen) atoms. The van der Waals surface area contributed by atoms with Gasteiger partial charge in [-0.1, -0.05) is 38.1 Å². The fraction of sp³-hybridized carbons (Fsp3) is 0.515. The van der Waals surface area contributed by atoms with Crippen LogP contribution >= 0.6 is 0 Å². The standard InChI is InChI=1S/C33H45N5O4/c1-31(2,3)27-18-28(37-42-27)36-29(39)11-9-10-22-12-14-23(15-13-22)35-30(40)26-17-16-24(21-34-26)41-25-19-32(4,5)38(8)33(6,7)20-25/h12-18,21,25H,9-11,19-20H2,1-8H3,(H,35,40)(H,36,37,39). The normalized spacial score (nSPS) is 17.0. The van der Waals surface area contributed by atoms with E-state index in [0.29, 0.717) is 35.8 Å². The Morgan fingerprint density at radius 3 is 2.26 bits per heavy atom. The number of benzene rings is 1. The van der Waals surface area contributed by atoms with E-state index in [9.17, 15) is 9.59 Å². The lowest BCUT2D eigenvalue weighted by molar-refractivity contribution is -0.116. The predicted octanol–water partition coefficient (Wildman–Crippen LogP) is 6.61. The Morgan fingerprint density at radius 2 is 1.69 bits per heavy atom. The zero-order valence-electron chi connectivity index (χ0n) is 26.2. The molecule has 0 radical (unpaired) electrons. The van der Waals surface area contributed by atoms with Crippen LogP contribution in [0, 0.1) is 0 Å². The number of aryl methyl sites for hydroxylation is 1. The maximum absolute atomic E-state index is 12.8. The molecule has 226 valence electrons. The first-order valence-corrected chi connectivity index (χ1v) is 14.7. The van der Waals surface area contributed by atoms with Crippen molar-refractivity contribution in [2.24, 2.45) is 0 Å². The van der Waals surface area contributed by atoms with Crippen molar-refractivity contribution in [3.8, 4) is 5.75 Å². The molecule has 0 atom stereocenters. The minimum absolute atomic E-state index is 0.0268. The number of carbonyl (C=O) groups is 2. The van der Waals surface area contributed by atoms with Crippen LogP contribution in [0.4, 0.5) is 11.5 Å². The molecular formula is C33H45N5O4. The molecule has 1 saturated heterocycles. The average Bonchev–Trinajstić information content (AvgIpc) is 3.37. The first kappa shape index (κ1) is 31.2. The summed E-state index contributed by atoms with van der Waals surface area (Å²) in [6, 6.07) is 12.9. The van der Waals surface area contributed by atoms with Crippen molar-refractivity contribution in [1.82, 2.24) is 15.0 Å². The van der Waals surface area contributed by atoms with E-state index in [1.165, 1.54) is 0 Å². The van der Waals surface area contributed by atoms with Crippen LogP contribution in [-0.4, -0.2) is 51.1 Å². The van der Waals surface area contributed by atoms with Crippen molar-refractivity contribution >= 4 is 23.3 Å².